The molecular weight excluding hydrogens is 614 g/mol. The van der Waals surface area contributed by atoms with Crippen molar-refractivity contribution in [1.82, 2.24) is 9.66 Å². The number of fused-ring (bicyclic) bond motifs is 2. The quantitative estimate of drug-likeness (QED) is 0.168. The zero-order chi connectivity index (χ0) is 29.9. The lowest BCUT2D eigenvalue weighted by Crippen LogP contribution is -2.20. The molecule has 4 aromatic carbocycles. The standard InChI is InChI=1S/C33H24BrN3O6/c1-2-41-29-15-21(9-13-28(29)42-19-20-7-10-22(11-8-20)33(39)40)18-35-37-31(36-26-6-4-3-5-25(26)32(37)38)30-17-23-16-24(34)12-14-27(23)43-30/h3-18H,2,19H2,1H3,(H,39,40). The molecule has 0 fully saturated rings. The van der Waals surface area contributed by atoms with E-state index in [1.165, 1.54) is 16.8 Å². The van der Waals surface area contributed by atoms with Crippen LogP contribution < -0.4 is 15.0 Å². The van der Waals surface area contributed by atoms with Gasteiger partial charge in [0.05, 0.1) is 29.3 Å². The third-order valence-electron chi connectivity index (χ3n) is 6.64. The van der Waals surface area contributed by atoms with Gasteiger partial charge in [0.25, 0.3) is 5.56 Å². The van der Waals surface area contributed by atoms with E-state index in [9.17, 15) is 9.59 Å². The summed E-state index contributed by atoms with van der Waals surface area (Å²) in [7, 11) is 0. The van der Waals surface area contributed by atoms with Crippen molar-refractivity contribution in [2.45, 2.75) is 13.5 Å². The molecule has 0 aliphatic rings. The van der Waals surface area contributed by atoms with Crippen LogP contribution in [0.4, 0.5) is 0 Å². The average molecular weight is 638 g/mol. The Bertz CT molecular complexity index is 2060. The monoisotopic (exact) mass is 637 g/mol. The van der Waals surface area contributed by atoms with E-state index in [0.717, 1.165) is 15.4 Å². The van der Waals surface area contributed by atoms with E-state index in [2.05, 4.69) is 21.0 Å². The van der Waals surface area contributed by atoms with E-state index in [1.807, 2.05) is 37.3 Å². The first kappa shape index (κ1) is 27.9. The molecule has 0 unspecified atom stereocenters. The first-order valence-electron chi connectivity index (χ1n) is 13.4. The topological polar surface area (TPSA) is 116 Å². The SMILES string of the molecule is CCOc1cc(C=Nn2c(-c3cc4cc(Br)ccc4o3)nc3ccccc3c2=O)ccc1OCc1ccc(C(=O)O)cc1. The molecule has 6 aromatic rings. The number of carboxylic acid groups (broad SMARTS) is 1. The smallest absolute Gasteiger partial charge is 0.335 e. The molecule has 10 heteroatoms. The Kier molecular flexibility index (Phi) is 7.76. The van der Waals surface area contributed by atoms with Gasteiger partial charge in [0, 0.05) is 9.86 Å². The summed E-state index contributed by atoms with van der Waals surface area (Å²) >= 11 is 3.48. The van der Waals surface area contributed by atoms with E-state index in [0.29, 0.717) is 45.9 Å². The third-order valence-corrected chi connectivity index (χ3v) is 7.13. The van der Waals surface area contributed by atoms with Gasteiger partial charge in [-0.3, -0.25) is 4.79 Å². The molecule has 0 atom stereocenters. The zero-order valence-corrected chi connectivity index (χ0v) is 24.4. The number of furan rings is 1. The van der Waals surface area contributed by atoms with Crippen LogP contribution in [0.1, 0.15) is 28.4 Å². The number of halogens is 1. The Hall–Kier alpha value is -5.22. The minimum atomic E-state index is -0.983. The number of aromatic nitrogens is 2. The van der Waals surface area contributed by atoms with Gasteiger partial charge in [0.15, 0.2) is 17.3 Å². The molecule has 0 amide bonds. The van der Waals surface area contributed by atoms with Crippen molar-refractivity contribution in [3.05, 3.63) is 123 Å². The summed E-state index contributed by atoms with van der Waals surface area (Å²) < 4.78 is 20.0. The summed E-state index contributed by atoms with van der Waals surface area (Å²) in [4.78, 5) is 29.4. The molecular formula is C33H24BrN3O6. The zero-order valence-electron chi connectivity index (χ0n) is 22.9. The van der Waals surface area contributed by atoms with Crippen LogP contribution in [0.25, 0.3) is 33.5 Å². The minimum Gasteiger partial charge on any atom is -0.490 e. The third kappa shape index (κ3) is 5.91. The van der Waals surface area contributed by atoms with Gasteiger partial charge >= 0.3 is 5.97 Å². The highest BCUT2D eigenvalue weighted by Crippen LogP contribution is 2.31. The largest absolute Gasteiger partial charge is 0.490 e. The lowest BCUT2D eigenvalue weighted by molar-refractivity contribution is 0.0697. The van der Waals surface area contributed by atoms with Gasteiger partial charge in [0.2, 0.25) is 5.82 Å². The Morgan fingerprint density at radius 1 is 1.00 bits per heavy atom. The van der Waals surface area contributed by atoms with Crippen molar-refractivity contribution in [2.24, 2.45) is 5.10 Å². The summed E-state index contributed by atoms with van der Waals surface area (Å²) in [6, 6.07) is 26.4. The average Bonchev–Trinajstić information content (AvgIpc) is 3.43. The molecule has 0 saturated heterocycles. The number of para-hydroxylation sites is 1. The van der Waals surface area contributed by atoms with Crippen LogP contribution in [0, 0.1) is 0 Å². The maximum atomic E-state index is 13.6. The van der Waals surface area contributed by atoms with E-state index < -0.39 is 5.97 Å². The second-order valence-electron chi connectivity index (χ2n) is 9.54. The number of nitrogens with zero attached hydrogens (tertiary/aromatic N) is 3. The predicted molar refractivity (Wildman–Crippen MR) is 167 cm³/mol. The molecule has 43 heavy (non-hydrogen) atoms. The summed E-state index contributed by atoms with van der Waals surface area (Å²) in [6.45, 7) is 2.50. The van der Waals surface area contributed by atoms with Crippen LogP contribution >= 0.6 is 15.9 Å². The molecule has 2 aromatic heterocycles. The Balaban J connectivity index is 1.34. The fourth-order valence-corrected chi connectivity index (χ4v) is 4.92. The lowest BCUT2D eigenvalue weighted by atomic mass is 10.1. The predicted octanol–water partition coefficient (Wildman–Crippen LogP) is 7.13. The summed E-state index contributed by atoms with van der Waals surface area (Å²) in [5, 5.41) is 14.9. The fourth-order valence-electron chi connectivity index (χ4n) is 4.54. The van der Waals surface area contributed by atoms with Crippen molar-refractivity contribution in [2.75, 3.05) is 6.61 Å². The minimum absolute atomic E-state index is 0.208. The molecule has 1 N–H and O–H groups in total. The van der Waals surface area contributed by atoms with Crippen molar-refractivity contribution >= 4 is 50.0 Å². The molecule has 0 aliphatic carbocycles. The van der Waals surface area contributed by atoms with Crippen LogP contribution in [0.2, 0.25) is 0 Å². The van der Waals surface area contributed by atoms with Crippen LogP contribution in [-0.2, 0) is 6.61 Å². The molecule has 0 spiro atoms. The number of aromatic carboxylic acids is 1. The van der Waals surface area contributed by atoms with Gasteiger partial charge in [-0.1, -0.05) is 40.2 Å². The number of ether oxygens (including phenoxy) is 2. The van der Waals surface area contributed by atoms with Crippen LogP contribution in [0.5, 0.6) is 11.5 Å². The summed E-state index contributed by atoms with van der Waals surface area (Å²) in [5.74, 6) is 0.707. The number of benzene rings is 4. The molecule has 0 aliphatic heterocycles. The number of carboxylic acids is 1. The van der Waals surface area contributed by atoms with E-state index in [-0.39, 0.29) is 23.6 Å². The first-order chi connectivity index (χ1) is 20.9. The van der Waals surface area contributed by atoms with Gasteiger partial charge in [-0.15, -0.1) is 0 Å². The van der Waals surface area contributed by atoms with Crippen molar-refractivity contribution < 1.29 is 23.8 Å². The van der Waals surface area contributed by atoms with E-state index in [4.69, 9.17) is 24.0 Å². The number of hydrogen-bond acceptors (Lipinski definition) is 7. The van der Waals surface area contributed by atoms with Gasteiger partial charge in [0.1, 0.15) is 12.2 Å². The molecule has 0 radical (unpaired) electrons. The highest BCUT2D eigenvalue weighted by atomic mass is 79.9. The van der Waals surface area contributed by atoms with Gasteiger partial charge < -0.3 is 19.0 Å². The normalized spacial score (nSPS) is 11.4. The van der Waals surface area contributed by atoms with E-state index in [1.54, 1.807) is 54.7 Å². The number of carbonyl (C=O) groups is 1. The lowest BCUT2D eigenvalue weighted by Gasteiger charge is -2.13. The number of hydrogen-bond donors (Lipinski definition) is 1. The highest BCUT2D eigenvalue weighted by Gasteiger charge is 2.17. The summed E-state index contributed by atoms with van der Waals surface area (Å²) in [6.07, 6.45) is 1.55. The molecule has 0 saturated carbocycles. The van der Waals surface area contributed by atoms with Crippen molar-refractivity contribution in [3.8, 4) is 23.1 Å². The molecule has 2 heterocycles. The fraction of sp³-hybridized carbons (Fsp3) is 0.0909. The van der Waals surface area contributed by atoms with Gasteiger partial charge in [-0.25, -0.2) is 9.78 Å². The molecule has 0 bridgehead atoms. The Labute approximate surface area is 253 Å². The van der Waals surface area contributed by atoms with Crippen molar-refractivity contribution in [1.29, 1.82) is 0 Å². The maximum absolute atomic E-state index is 13.6. The molecule has 9 nitrogen and oxygen atoms in total. The van der Waals surface area contributed by atoms with Crippen molar-refractivity contribution in [3.63, 3.8) is 0 Å². The maximum Gasteiger partial charge on any atom is 0.335 e. The first-order valence-corrected chi connectivity index (χ1v) is 14.2. The highest BCUT2D eigenvalue weighted by molar-refractivity contribution is 9.10. The van der Waals surface area contributed by atoms with Crippen LogP contribution in [-0.4, -0.2) is 33.6 Å². The van der Waals surface area contributed by atoms with E-state index >= 15 is 0 Å². The van der Waals surface area contributed by atoms with Gasteiger partial charge in [-0.05, 0) is 84.8 Å². The molecule has 6 rings (SSSR count). The second kappa shape index (κ2) is 11.9. The Morgan fingerprint density at radius 2 is 1.81 bits per heavy atom. The number of rotatable bonds is 9. The van der Waals surface area contributed by atoms with Crippen LogP contribution in [0.3, 0.4) is 0 Å². The van der Waals surface area contributed by atoms with Crippen LogP contribution in [0.15, 0.2) is 110 Å². The Morgan fingerprint density at radius 3 is 2.60 bits per heavy atom. The second-order valence-corrected chi connectivity index (χ2v) is 10.5. The van der Waals surface area contributed by atoms with Gasteiger partial charge in [-0.2, -0.15) is 9.78 Å². The molecule has 214 valence electrons. The summed E-state index contributed by atoms with van der Waals surface area (Å²) in [5.41, 5.74) is 2.55.